The molecule has 0 radical (unpaired) electrons. The van der Waals surface area contributed by atoms with E-state index in [9.17, 15) is 17.7 Å². The molecule has 1 aromatic carbocycles. The SMILES string of the molecule is O=C(OF)N(c1cscn1)S(=O)(=O)c1ccccc1. The van der Waals surface area contributed by atoms with Gasteiger partial charge < -0.3 is 0 Å². The number of nitrogens with zero attached hydrogens (tertiary/aromatic N) is 2. The van der Waals surface area contributed by atoms with Crippen LogP contribution in [0.15, 0.2) is 46.1 Å². The number of amides is 1. The third-order valence-electron chi connectivity index (χ3n) is 2.14. The summed E-state index contributed by atoms with van der Waals surface area (Å²) in [5, 5.41) is 1.29. The first kappa shape index (κ1) is 13.4. The average molecular weight is 302 g/mol. The van der Waals surface area contributed by atoms with Gasteiger partial charge in [0.2, 0.25) is 0 Å². The van der Waals surface area contributed by atoms with Crippen LogP contribution in [0.3, 0.4) is 0 Å². The van der Waals surface area contributed by atoms with Crippen molar-refractivity contribution in [2.45, 2.75) is 4.90 Å². The Labute approximate surface area is 112 Å². The van der Waals surface area contributed by atoms with E-state index in [2.05, 4.69) is 9.93 Å². The van der Waals surface area contributed by atoms with E-state index in [0.717, 1.165) is 11.3 Å². The minimum absolute atomic E-state index is 0.166. The molecule has 19 heavy (non-hydrogen) atoms. The lowest BCUT2D eigenvalue weighted by atomic mass is 10.4. The standard InChI is InChI=1S/C10H7FN2O4S2/c11-17-10(14)13(9-6-18-7-12-9)19(15,16)8-4-2-1-3-5-8/h1-7H. The van der Waals surface area contributed by atoms with Crippen molar-refractivity contribution in [2.24, 2.45) is 0 Å². The lowest BCUT2D eigenvalue weighted by molar-refractivity contribution is -0.0564. The van der Waals surface area contributed by atoms with Gasteiger partial charge in [-0.05, 0) is 12.1 Å². The van der Waals surface area contributed by atoms with Crippen LogP contribution in [0.1, 0.15) is 0 Å². The number of hydrogen-bond acceptors (Lipinski definition) is 6. The van der Waals surface area contributed by atoms with Crippen LogP contribution >= 0.6 is 11.3 Å². The lowest BCUT2D eigenvalue weighted by Gasteiger charge is -2.16. The Morgan fingerprint density at radius 1 is 1.32 bits per heavy atom. The van der Waals surface area contributed by atoms with Crippen LogP contribution in [0.25, 0.3) is 0 Å². The van der Waals surface area contributed by atoms with Crippen LogP contribution in [0, 0.1) is 0 Å². The Balaban J connectivity index is 2.53. The van der Waals surface area contributed by atoms with E-state index < -0.39 is 16.1 Å². The maximum absolute atomic E-state index is 12.3. The monoisotopic (exact) mass is 302 g/mol. The summed E-state index contributed by atoms with van der Waals surface area (Å²) >= 11 is 1.06. The highest BCUT2D eigenvalue weighted by Crippen LogP contribution is 2.24. The summed E-state index contributed by atoms with van der Waals surface area (Å²) in [5.74, 6) is -0.225. The number of anilines is 1. The molecule has 1 amide bonds. The Morgan fingerprint density at radius 2 is 2.00 bits per heavy atom. The minimum atomic E-state index is -4.27. The fourth-order valence-corrected chi connectivity index (χ4v) is 3.22. The molecule has 0 aliphatic carbocycles. The molecular weight excluding hydrogens is 295 g/mol. The minimum Gasteiger partial charge on any atom is -0.230 e. The zero-order chi connectivity index (χ0) is 13.9. The van der Waals surface area contributed by atoms with Crippen LogP contribution in [0.2, 0.25) is 0 Å². The van der Waals surface area contributed by atoms with E-state index >= 15 is 0 Å². The first-order chi connectivity index (χ1) is 9.07. The molecule has 6 nitrogen and oxygen atoms in total. The fraction of sp³-hybridized carbons (Fsp3) is 0. The van der Waals surface area contributed by atoms with Crippen molar-refractivity contribution in [3.8, 4) is 0 Å². The van der Waals surface area contributed by atoms with Gasteiger partial charge in [-0.2, -0.15) is 0 Å². The van der Waals surface area contributed by atoms with Crippen LogP contribution in [-0.4, -0.2) is 19.5 Å². The molecule has 9 heteroatoms. The highest BCUT2D eigenvalue weighted by atomic mass is 32.2. The summed E-state index contributed by atoms with van der Waals surface area (Å²) < 4.78 is 36.8. The smallest absolute Gasteiger partial charge is 0.230 e. The van der Waals surface area contributed by atoms with Crippen molar-refractivity contribution >= 4 is 33.3 Å². The largest absolute Gasteiger partial charge is 0.466 e. The molecule has 1 aromatic heterocycles. The van der Waals surface area contributed by atoms with E-state index in [1.165, 1.54) is 35.2 Å². The molecule has 0 saturated carbocycles. The number of rotatable bonds is 3. The van der Waals surface area contributed by atoms with E-state index in [4.69, 9.17) is 0 Å². The van der Waals surface area contributed by atoms with Crippen molar-refractivity contribution in [3.05, 3.63) is 41.2 Å². The van der Waals surface area contributed by atoms with Crippen LogP contribution < -0.4 is 4.31 Å². The number of sulfonamides is 1. The Morgan fingerprint density at radius 3 is 2.53 bits per heavy atom. The van der Waals surface area contributed by atoms with Crippen molar-refractivity contribution < 1.29 is 22.7 Å². The second-order valence-corrected chi connectivity index (χ2v) is 5.78. The molecule has 0 aliphatic rings. The van der Waals surface area contributed by atoms with Crippen LogP contribution in [0.5, 0.6) is 0 Å². The molecule has 0 fully saturated rings. The van der Waals surface area contributed by atoms with Crippen LogP contribution in [0.4, 0.5) is 15.1 Å². The highest BCUT2D eigenvalue weighted by molar-refractivity contribution is 7.93. The first-order valence-electron chi connectivity index (χ1n) is 4.88. The van der Waals surface area contributed by atoms with Gasteiger partial charge in [0.1, 0.15) is 0 Å². The molecule has 0 atom stereocenters. The molecule has 100 valence electrons. The number of hydrogen-bond donors (Lipinski definition) is 0. The summed E-state index contributed by atoms with van der Waals surface area (Å²) in [5.41, 5.74) is 1.31. The van der Waals surface area contributed by atoms with Crippen LogP contribution in [-0.2, 0) is 15.0 Å². The quantitative estimate of drug-likeness (QED) is 0.870. The van der Waals surface area contributed by atoms with Gasteiger partial charge >= 0.3 is 6.09 Å². The van der Waals surface area contributed by atoms with Gasteiger partial charge in [0.25, 0.3) is 10.0 Å². The summed E-state index contributed by atoms with van der Waals surface area (Å²) in [7, 11) is -4.27. The predicted molar refractivity (Wildman–Crippen MR) is 65.8 cm³/mol. The Hall–Kier alpha value is -2.00. The van der Waals surface area contributed by atoms with Gasteiger partial charge in [-0.3, -0.25) is 0 Å². The van der Waals surface area contributed by atoms with Gasteiger partial charge in [0, 0.05) is 9.91 Å². The topological polar surface area (TPSA) is 76.6 Å². The number of thiazole rings is 1. The number of carbonyl (C=O) groups excluding carboxylic acids is 1. The summed E-state index contributed by atoms with van der Waals surface area (Å²) in [4.78, 5) is 17.9. The zero-order valence-corrected chi connectivity index (χ0v) is 10.9. The molecule has 0 N–H and O–H groups in total. The van der Waals surface area contributed by atoms with Gasteiger partial charge in [-0.15, -0.1) is 15.6 Å². The van der Waals surface area contributed by atoms with Gasteiger partial charge in [-0.25, -0.2) is 23.1 Å². The highest BCUT2D eigenvalue weighted by Gasteiger charge is 2.34. The van der Waals surface area contributed by atoms with Gasteiger partial charge in [-0.1, -0.05) is 18.2 Å². The van der Waals surface area contributed by atoms with E-state index in [1.807, 2.05) is 0 Å². The lowest BCUT2D eigenvalue weighted by Crippen LogP contribution is -2.36. The molecule has 0 spiro atoms. The van der Waals surface area contributed by atoms with Crippen molar-refractivity contribution in [3.63, 3.8) is 0 Å². The number of benzene rings is 1. The van der Waals surface area contributed by atoms with Crippen molar-refractivity contribution in [1.29, 1.82) is 0 Å². The van der Waals surface area contributed by atoms with Gasteiger partial charge in [0.05, 0.1) is 10.4 Å². The molecule has 2 rings (SSSR count). The second kappa shape index (κ2) is 5.33. The number of carbonyl (C=O) groups is 1. The maximum Gasteiger partial charge on any atom is 0.466 e. The predicted octanol–water partition coefficient (Wildman–Crippen LogP) is 2.36. The third-order valence-corrected chi connectivity index (χ3v) is 4.40. The van der Waals surface area contributed by atoms with Gasteiger partial charge in [0.15, 0.2) is 5.82 Å². The summed E-state index contributed by atoms with van der Waals surface area (Å²) in [6.07, 6.45) is -1.67. The normalized spacial score (nSPS) is 11.0. The molecule has 0 saturated heterocycles. The Bertz CT molecular complexity index is 658. The van der Waals surface area contributed by atoms with E-state index in [-0.39, 0.29) is 15.0 Å². The molecule has 0 unspecified atom stereocenters. The van der Waals surface area contributed by atoms with Crippen molar-refractivity contribution in [2.75, 3.05) is 4.31 Å². The molecular formula is C10H7FN2O4S2. The van der Waals surface area contributed by atoms with Crippen molar-refractivity contribution in [1.82, 2.24) is 4.98 Å². The summed E-state index contributed by atoms with van der Waals surface area (Å²) in [6.45, 7) is 0. The first-order valence-corrected chi connectivity index (χ1v) is 7.27. The molecule has 2 aromatic rings. The van der Waals surface area contributed by atoms with E-state index in [0.29, 0.717) is 0 Å². The maximum atomic E-state index is 12.3. The number of halogens is 1. The molecule has 1 heterocycles. The van der Waals surface area contributed by atoms with E-state index in [1.54, 1.807) is 6.07 Å². The third kappa shape index (κ3) is 2.56. The zero-order valence-electron chi connectivity index (χ0n) is 9.26. The molecule has 0 aliphatic heterocycles. The average Bonchev–Trinajstić information content (AvgIpc) is 2.93. The number of aromatic nitrogens is 1. The fourth-order valence-electron chi connectivity index (χ4n) is 1.35. The second-order valence-electron chi connectivity index (χ2n) is 3.27. The Kier molecular flexibility index (Phi) is 3.76. The summed E-state index contributed by atoms with van der Waals surface area (Å²) in [6, 6.07) is 7.12. The molecule has 0 bridgehead atoms.